The zero-order chi connectivity index (χ0) is 37.7. The summed E-state index contributed by atoms with van der Waals surface area (Å²) in [6, 6.07) is 19.8. The van der Waals surface area contributed by atoms with E-state index in [0.29, 0.717) is 59.0 Å². The molecule has 14 heteroatoms. The summed E-state index contributed by atoms with van der Waals surface area (Å²) in [5, 5.41) is 1.24. The molecule has 2 amide bonds. The first kappa shape index (κ1) is 42.0. The number of hydrogen-bond donors (Lipinski definition) is 0. The zero-order valence-electron chi connectivity index (χ0n) is 28.3. The second-order valence-corrected chi connectivity index (χ2v) is 16.4. The summed E-state index contributed by atoms with van der Waals surface area (Å²) in [6.07, 6.45) is -7.58. The molecule has 0 N–H and O–H groups in total. The fraction of sp³-hybridized carbons (Fsp3) is 0.333. The predicted octanol–water partition coefficient (Wildman–Crippen LogP) is 7.46. The van der Waals surface area contributed by atoms with Crippen molar-refractivity contribution in [3.8, 4) is 0 Å². The van der Waals surface area contributed by atoms with E-state index in [2.05, 4.69) is 0 Å². The summed E-state index contributed by atoms with van der Waals surface area (Å²) in [5.74, 6) is -0.577. The highest BCUT2D eigenvalue weighted by atomic mass is 79.9. The number of rotatable bonds is 14. The summed E-state index contributed by atoms with van der Waals surface area (Å²) >= 11 is 0. The Bertz CT molecular complexity index is 1670. The van der Waals surface area contributed by atoms with E-state index in [1.807, 2.05) is 0 Å². The minimum atomic E-state index is -4.64. The van der Waals surface area contributed by atoms with Crippen molar-refractivity contribution in [3.63, 3.8) is 0 Å². The van der Waals surface area contributed by atoms with Crippen LogP contribution in [0.15, 0.2) is 97.1 Å². The standard InChI is InChI=1S/C39H36F9NO2P.BrH/c40-37(41,42)27-13-19-30(20-14-27)52(31-21-15-28(16-22-31)38(43,44)45,32-23-17-29(18-24-32)39(46,47)48)26-10-6-4-2-1-3-5-9-25-49-35(50)33-11-7-8-12-34(33)36(49)51;/h7-8,11-24H,1-6,9-10,25-26H2;1H/q+1;/p-1. The van der Waals surface area contributed by atoms with Crippen molar-refractivity contribution in [1.29, 1.82) is 0 Å². The third-order valence-corrected chi connectivity index (χ3v) is 13.9. The van der Waals surface area contributed by atoms with E-state index in [1.54, 1.807) is 24.3 Å². The molecule has 0 unspecified atom stereocenters. The molecule has 0 fully saturated rings. The van der Waals surface area contributed by atoms with Gasteiger partial charge in [0.05, 0.1) is 34.0 Å². The Balaban J connectivity index is 0.00000627. The molecule has 0 saturated heterocycles. The molecule has 4 aromatic rings. The molecule has 3 nitrogen and oxygen atoms in total. The lowest BCUT2D eigenvalue weighted by molar-refractivity contribution is -0.138. The van der Waals surface area contributed by atoms with Crippen molar-refractivity contribution in [1.82, 2.24) is 4.90 Å². The maximum atomic E-state index is 13.5. The average molecular weight is 833 g/mol. The number of imide groups is 1. The summed E-state index contributed by atoms with van der Waals surface area (Å²) < 4.78 is 122. The van der Waals surface area contributed by atoms with E-state index in [9.17, 15) is 49.1 Å². The van der Waals surface area contributed by atoms with Crippen molar-refractivity contribution in [2.24, 2.45) is 0 Å². The van der Waals surface area contributed by atoms with E-state index in [-0.39, 0.29) is 28.8 Å². The number of carbonyl (C=O) groups excluding carboxylic acids is 2. The number of carbonyl (C=O) groups is 2. The highest BCUT2D eigenvalue weighted by Crippen LogP contribution is 2.56. The third-order valence-electron chi connectivity index (χ3n) is 9.41. The van der Waals surface area contributed by atoms with Crippen LogP contribution in [-0.2, 0) is 18.5 Å². The first-order valence-corrected chi connectivity index (χ1v) is 18.9. The Morgan fingerprint density at radius 1 is 0.434 bits per heavy atom. The highest BCUT2D eigenvalue weighted by Gasteiger charge is 2.46. The number of nitrogens with zero attached hydrogens (tertiary/aromatic N) is 1. The maximum Gasteiger partial charge on any atom is 0.416 e. The van der Waals surface area contributed by atoms with Crippen LogP contribution in [0.2, 0.25) is 0 Å². The monoisotopic (exact) mass is 831 g/mol. The lowest BCUT2D eigenvalue weighted by Crippen LogP contribution is -3.00. The molecule has 0 saturated carbocycles. The van der Waals surface area contributed by atoms with Crippen molar-refractivity contribution in [3.05, 3.63) is 125 Å². The van der Waals surface area contributed by atoms with Crippen LogP contribution in [0.1, 0.15) is 88.8 Å². The quantitative estimate of drug-likeness (QED) is 0.0574. The molecule has 0 atom stereocenters. The molecule has 284 valence electrons. The van der Waals surface area contributed by atoms with Crippen molar-refractivity contribution in [2.45, 2.75) is 69.9 Å². The summed E-state index contributed by atoms with van der Waals surface area (Å²) in [7, 11) is -3.04. The Kier molecular flexibility index (Phi) is 13.6. The lowest BCUT2D eigenvalue weighted by atomic mass is 10.1. The van der Waals surface area contributed by atoms with Crippen molar-refractivity contribution < 1.29 is 66.1 Å². The number of amides is 2. The fourth-order valence-electron chi connectivity index (χ4n) is 6.67. The SMILES string of the molecule is O=C1c2ccccc2C(=O)N1CCCCCCCCCC[P+](c1ccc(C(F)(F)F)cc1)(c1ccc(C(F)(F)F)cc1)c1ccc(C(F)(F)F)cc1.[Br-]. The third kappa shape index (κ3) is 9.70. The van der Waals surface area contributed by atoms with Gasteiger partial charge in [0.15, 0.2) is 0 Å². The number of alkyl halides is 9. The van der Waals surface area contributed by atoms with Gasteiger partial charge in [0.25, 0.3) is 11.8 Å². The Morgan fingerprint density at radius 3 is 1.06 bits per heavy atom. The molecule has 0 aliphatic carbocycles. The molecule has 0 radical (unpaired) electrons. The topological polar surface area (TPSA) is 37.4 Å². The smallest absolute Gasteiger partial charge is 0.416 e. The first-order chi connectivity index (χ1) is 24.5. The van der Waals surface area contributed by atoms with Gasteiger partial charge in [-0.1, -0.05) is 44.2 Å². The molecule has 1 aliphatic rings. The van der Waals surface area contributed by atoms with Gasteiger partial charge in [-0.2, -0.15) is 39.5 Å². The van der Waals surface area contributed by atoms with Gasteiger partial charge in [0.2, 0.25) is 0 Å². The predicted molar refractivity (Wildman–Crippen MR) is 184 cm³/mol. The minimum absolute atomic E-state index is 0. The number of unbranched alkanes of at least 4 members (excludes halogenated alkanes) is 7. The molecule has 0 aromatic heterocycles. The Hall–Kier alpha value is -3.70. The van der Waals surface area contributed by atoms with Gasteiger partial charge < -0.3 is 17.0 Å². The lowest BCUT2D eigenvalue weighted by Gasteiger charge is -2.28. The second kappa shape index (κ2) is 17.2. The van der Waals surface area contributed by atoms with Crippen LogP contribution in [0.4, 0.5) is 39.5 Å². The van der Waals surface area contributed by atoms with Gasteiger partial charge in [-0.15, -0.1) is 0 Å². The van der Waals surface area contributed by atoms with Crippen molar-refractivity contribution in [2.75, 3.05) is 12.7 Å². The molecular weight excluding hydrogens is 796 g/mol. The summed E-state index contributed by atoms with van der Waals surface area (Å²) in [5.41, 5.74) is -1.93. The van der Waals surface area contributed by atoms with Crippen LogP contribution in [-0.4, -0.2) is 29.4 Å². The van der Waals surface area contributed by atoms with E-state index < -0.39 is 42.5 Å². The van der Waals surface area contributed by atoms with Crippen LogP contribution < -0.4 is 32.9 Å². The van der Waals surface area contributed by atoms with Gasteiger partial charge in [0, 0.05) is 6.54 Å². The molecule has 1 heterocycles. The normalized spacial score (nSPS) is 13.6. The average Bonchev–Trinajstić information content (AvgIpc) is 3.35. The number of halogens is 10. The van der Waals surface area contributed by atoms with E-state index >= 15 is 0 Å². The summed E-state index contributed by atoms with van der Waals surface area (Å²) in [4.78, 5) is 26.4. The molecule has 4 aromatic carbocycles. The van der Waals surface area contributed by atoms with Gasteiger partial charge >= 0.3 is 18.5 Å². The van der Waals surface area contributed by atoms with Gasteiger partial charge in [0.1, 0.15) is 23.2 Å². The van der Waals surface area contributed by atoms with Crippen molar-refractivity contribution >= 4 is 35.0 Å². The minimum Gasteiger partial charge on any atom is -1.00 e. The Labute approximate surface area is 312 Å². The molecular formula is C39H36BrF9NO2P. The van der Waals surface area contributed by atoms with Crippen LogP contribution in [0.25, 0.3) is 0 Å². The highest BCUT2D eigenvalue weighted by molar-refractivity contribution is 7.95. The Morgan fingerprint density at radius 2 is 0.736 bits per heavy atom. The summed E-state index contributed by atoms with van der Waals surface area (Å²) in [6.45, 7) is 0.329. The molecule has 53 heavy (non-hydrogen) atoms. The van der Waals surface area contributed by atoms with Gasteiger partial charge in [-0.25, -0.2) is 0 Å². The number of benzene rings is 4. The maximum absolute atomic E-state index is 13.5. The first-order valence-electron chi connectivity index (χ1n) is 16.9. The molecule has 1 aliphatic heterocycles. The number of hydrogen-bond acceptors (Lipinski definition) is 2. The van der Waals surface area contributed by atoms with E-state index in [4.69, 9.17) is 0 Å². The van der Waals surface area contributed by atoms with E-state index in [1.165, 1.54) is 41.3 Å². The second-order valence-electron chi connectivity index (χ2n) is 12.8. The van der Waals surface area contributed by atoms with Crippen LogP contribution in [0.5, 0.6) is 0 Å². The largest absolute Gasteiger partial charge is 1.00 e. The van der Waals surface area contributed by atoms with E-state index in [0.717, 1.165) is 68.5 Å². The van der Waals surface area contributed by atoms with Crippen LogP contribution in [0.3, 0.4) is 0 Å². The molecule has 5 rings (SSSR count). The van der Waals surface area contributed by atoms with Crippen LogP contribution in [0, 0.1) is 0 Å². The molecule has 0 spiro atoms. The fourth-order valence-corrected chi connectivity index (χ4v) is 11.0. The zero-order valence-corrected chi connectivity index (χ0v) is 30.8. The number of fused-ring (bicyclic) bond motifs is 1. The van der Waals surface area contributed by atoms with Crippen LogP contribution >= 0.6 is 7.26 Å². The molecule has 0 bridgehead atoms. The van der Waals surface area contributed by atoms with Gasteiger partial charge in [-0.3, -0.25) is 14.5 Å². The van der Waals surface area contributed by atoms with Gasteiger partial charge in [-0.05, 0) is 104 Å².